The second kappa shape index (κ2) is 10.3. The molecular formula is C24H32N2O. The molecule has 27 heavy (non-hydrogen) atoms. The number of amides is 1. The van der Waals surface area contributed by atoms with E-state index in [0.717, 1.165) is 17.6 Å². The summed E-state index contributed by atoms with van der Waals surface area (Å²) in [6, 6.07) is 13.1. The number of nitrogens with one attached hydrogen (secondary N) is 2. The number of carbonyl (C=O) groups is 1. The number of benzene rings is 2. The van der Waals surface area contributed by atoms with Crippen molar-refractivity contribution in [3.8, 4) is 0 Å². The lowest BCUT2D eigenvalue weighted by Crippen LogP contribution is -2.25. The fourth-order valence-electron chi connectivity index (χ4n) is 3.79. The maximum atomic E-state index is 11.8. The van der Waals surface area contributed by atoms with E-state index in [0.29, 0.717) is 6.54 Å². The van der Waals surface area contributed by atoms with Crippen LogP contribution in [0, 0.1) is 0 Å². The van der Waals surface area contributed by atoms with Gasteiger partial charge in [-0.1, -0.05) is 88.3 Å². The van der Waals surface area contributed by atoms with Crippen molar-refractivity contribution in [1.29, 1.82) is 0 Å². The molecule has 2 aromatic rings. The third-order valence-electron chi connectivity index (χ3n) is 5.40. The Kier molecular flexibility index (Phi) is 7.46. The molecule has 3 rings (SSSR count). The van der Waals surface area contributed by atoms with Crippen LogP contribution in [0.15, 0.2) is 42.0 Å². The highest BCUT2D eigenvalue weighted by molar-refractivity contribution is 6.02. The molecule has 2 N–H and O–H groups in total. The molecule has 0 aromatic heterocycles. The molecule has 1 saturated heterocycles. The maximum Gasteiger partial charge on any atom is 0.262 e. The lowest BCUT2D eigenvalue weighted by atomic mass is 9.98. The summed E-state index contributed by atoms with van der Waals surface area (Å²) in [5.74, 6) is -0.0293. The lowest BCUT2D eigenvalue weighted by Gasteiger charge is -2.07. The highest BCUT2D eigenvalue weighted by Crippen LogP contribution is 2.24. The Morgan fingerprint density at radius 1 is 0.963 bits per heavy atom. The second-order valence-electron chi connectivity index (χ2n) is 7.60. The molecule has 1 heterocycles. The summed E-state index contributed by atoms with van der Waals surface area (Å²) in [5.41, 5.74) is 8.83. The topological polar surface area (TPSA) is 41.1 Å². The Balaban J connectivity index is 1.56. The van der Waals surface area contributed by atoms with Crippen molar-refractivity contribution in [3.63, 3.8) is 0 Å². The summed E-state index contributed by atoms with van der Waals surface area (Å²) in [6.45, 7) is 2.85. The molecule has 3 heteroatoms. The molecule has 2 aromatic carbocycles. The van der Waals surface area contributed by atoms with E-state index in [1.54, 1.807) is 0 Å². The molecular weight excluding hydrogens is 332 g/mol. The Morgan fingerprint density at radius 2 is 1.74 bits per heavy atom. The first-order valence-corrected chi connectivity index (χ1v) is 10.5. The van der Waals surface area contributed by atoms with Crippen LogP contribution in [-0.4, -0.2) is 12.5 Å². The van der Waals surface area contributed by atoms with Gasteiger partial charge in [0, 0.05) is 12.1 Å². The molecule has 3 nitrogen and oxygen atoms in total. The summed E-state index contributed by atoms with van der Waals surface area (Å²) < 4.78 is 0. The molecule has 0 unspecified atom stereocenters. The Hall–Kier alpha value is -2.13. The first-order valence-electron chi connectivity index (χ1n) is 10.5. The highest BCUT2D eigenvalue weighted by atomic mass is 16.2. The molecule has 1 fully saturated rings. The van der Waals surface area contributed by atoms with Gasteiger partial charge in [-0.05, 0) is 40.8 Å². The summed E-state index contributed by atoms with van der Waals surface area (Å²) in [7, 11) is 0. The van der Waals surface area contributed by atoms with Gasteiger partial charge in [0.15, 0.2) is 0 Å². The molecule has 0 aliphatic carbocycles. The minimum atomic E-state index is -0.0293. The van der Waals surface area contributed by atoms with E-state index in [9.17, 15) is 4.79 Å². The van der Waals surface area contributed by atoms with Crippen molar-refractivity contribution in [2.45, 2.75) is 64.7 Å². The number of rotatable bonds is 10. The fourth-order valence-corrected chi connectivity index (χ4v) is 3.79. The van der Waals surface area contributed by atoms with Gasteiger partial charge >= 0.3 is 0 Å². The van der Waals surface area contributed by atoms with Crippen LogP contribution in [0.2, 0.25) is 0 Å². The number of hydrogen-bond acceptors (Lipinski definition) is 2. The van der Waals surface area contributed by atoms with Crippen LogP contribution in [0.1, 0.15) is 69.4 Å². The van der Waals surface area contributed by atoms with Crippen LogP contribution >= 0.6 is 0 Å². The van der Waals surface area contributed by atoms with Gasteiger partial charge in [0.1, 0.15) is 0 Å². The number of carbonyl (C=O) groups excluding carboxylic acids is 1. The first-order chi connectivity index (χ1) is 13.3. The predicted molar refractivity (Wildman–Crippen MR) is 114 cm³/mol. The van der Waals surface area contributed by atoms with E-state index in [4.69, 9.17) is 0 Å². The van der Waals surface area contributed by atoms with E-state index in [-0.39, 0.29) is 5.91 Å². The van der Waals surface area contributed by atoms with Crippen LogP contribution in [0.3, 0.4) is 0 Å². The third kappa shape index (κ3) is 5.67. The summed E-state index contributed by atoms with van der Waals surface area (Å²) >= 11 is 0. The first kappa shape index (κ1) is 19.6. The van der Waals surface area contributed by atoms with Crippen LogP contribution in [0.5, 0.6) is 0 Å². The quantitative estimate of drug-likeness (QED) is 0.429. The molecule has 1 amide bonds. The monoisotopic (exact) mass is 364 g/mol. The normalized spacial score (nSPS) is 15.6. The van der Waals surface area contributed by atoms with Crippen molar-refractivity contribution in [1.82, 2.24) is 10.9 Å². The van der Waals surface area contributed by atoms with E-state index in [1.807, 2.05) is 6.08 Å². The molecule has 0 bridgehead atoms. The van der Waals surface area contributed by atoms with E-state index >= 15 is 0 Å². The number of aryl methyl sites for hydroxylation is 1. The number of hydrazine groups is 1. The van der Waals surface area contributed by atoms with Gasteiger partial charge in [0.25, 0.3) is 5.91 Å². The summed E-state index contributed by atoms with van der Waals surface area (Å²) in [4.78, 5) is 11.8. The molecule has 0 saturated carbocycles. The molecule has 144 valence electrons. The van der Waals surface area contributed by atoms with Crippen LogP contribution in [-0.2, 0) is 11.2 Å². The van der Waals surface area contributed by atoms with E-state index < -0.39 is 0 Å². The van der Waals surface area contributed by atoms with Crippen LogP contribution < -0.4 is 10.9 Å². The van der Waals surface area contributed by atoms with Gasteiger partial charge in [-0.3, -0.25) is 10.2 Å². The summed E-state index contributed by atoms with van der Waals surface area (Å²) in [6.07, 6.45) is 14.0. The SMILES string of the molecule is CCCCCCCCCCc1ccc2c(/C=C3\CNNC3=O)cccc2c1. The second-order valence-corrected chi connectivity index (χ2v) is 7.60. The molecule has 0 atom stereocenters. The van der Waals surface area contributed by atoms with Gasteiger partial charge in [-0.25, -0.2) is 5.43 Å². The van der Waals surface area contributed by atoms with Crippen molar-refractivity contribution >= 4 is 22.8 Å². The Labute approximate surface area is 163 Å². The Morgan fingerprint density at radius 3 is 2.48 bits per heavy atom. The minimum absolute atomic E-state index is 0.0293. The number of hydrogen-bond donors (Lipinski definition) is 2. The smallest absolute Gasteiger partial charge is 0.262 e. The molecule has 0 radical (unpaired) electrons. The number of fused-ring (bicyclic) bond motifs is 1. The largest absolute Gasteiger partial charge is 0.287 e. The molecule has 1 aliphatic rings. The molecule has 1 aliphatic heterocycles. The average molecular weight is 365 g/mol. The zero-order chi connectivity index (χ0) is 18.9. The van der Waals surface area contributed by atoms with Crippen molar-refractivity contribution in [2.75, 3.05) is 6.54 Å². The van der Waals surface area contributed by atoms with Crippen LogP contribution in [0.4, 0.5) is 0 Å². The minimum Gasteiger partial charge on any atom is -0.287 e. The zero-order valence-electron chi connectivity index (χ0n) is 16.5. The van der Waals surface area contributed by atoms with Gasteiger partial charge in [0.2, 0.25) is 0 Å². The molecule has 0 spiro atoms. The average Bonchev–Trinajstić information content (AvgIpc) is 3.08. The van der Waals surface area contributed by atoms with Gasteiger partial charge in [0.05, 0.1) is 0 Å². The highest BCUT2D eigenvalue weighted by Gasteiger charge is 2.15. The van der Waals surface area contributed by atoms with Gasteiger partial charge in [-0.2, -0.15) is 0 Å². The zero-order valence-corrected chi connectivity index (χ0v) is 16.5. The van der Waals surface area contributed by atoms with Crippen LogP contribution in [0.25, 0.3) is 16.8 Å². The van der Waals surface area contributed by atoms with Crippen molar-refractivity contribution in [3.05, 3.63) is 53.1 Å². The summed E-state index contributed by atoms with van der Waals surface area (Å²) in [5, 5.41) is 2.47. The lowest BCUT2D eigenvalue weighted by molar-refractivity contribution is -0.116. The Bertz CT molecular complexity index is 794. The third-order valence-corrected chi connectivity index (χ3v) is 5.40. The van der Waals surface area contributed by atoms with Crippen molar-refractivity contribution < 1.29 is 4.79 Å². The van der Waals surface area contributed by atoms with E-state index in [2.05, 4.69) is 54.2 Å². The number of unbranched alkanes of at least 4 members (excludes halogenated alkanes) is 7. The standard InChI is InChI=1S/C24H32N2O/c1-2-3-4-5-6-7-8-9-11-19-14-15-23-20(16-19)12-10-13-21(23)17-22-18-25-26-24(22)27/h10,12-17,25H,2-9,11,18H2,1H3,(H,26,27)/b22-17+. The van der Waals surface area contributed by atoms with Gasteiger partial charge in [-0.15, -0.1) is 0 Å². The fraction of sp³-hybridized carbons (Fsp3) is 0.458. The maximum absolute atomic E-state index is 11.8. The van der Waals surface area contributed by atoms with Gasteiger partial charge < -0.3 is 0 Å². The van der Waals surface area contributed by atoms with Crippen molar-refractivity contribution in [2.24, 2.45) is 0 Å². The predicted octanol–water partition coefficient (Wildman–Crippen LogP) is 5.54. The van der Waals surface area contributed by atoms with E-state index in [1.165, 1.54) is 67.7 Å².